The number of rotatable bonds is 1. The fraction of sp³-hybridized carbons (Fsp3) is 0. The van der Waals surface area contributed by atoms with Gasteiger partial charge in [0.1, 0.15) is 0 Å². The number of aromatic hydroxyl groups is 1. The fourth-order valence-electron chi connectivity index (χ4n) is 1.28. The Kier molecular flexibility index (Phi) is 1.78. The van der Waals surface area contributed by atoms with Gasteiger partial charge in [0.05, 0.1) is 20.7 Å². The Balaban J connectivity index is 2.87. The lowest BCUT2D eigenvalue weighted by atomic mass is 10.2. The van der Waals surface area contributed by atoms with Crippen LogP contribution in [-0.4, -0.2) is 10.0 Å². The molecule has 0 aliphatic carbocycles. The highest BCUT2D eigenvalue weighted by molar-refractivity contribution is 7.21. The summed E-state index contributed by atoms with van der Waals surface area (Å²) in [6.07, 6.45) is 0. The second kappa shape index (κ2) is 2.85. The highest BCUT2D eigenvalue weighted by atomic mass is 32.1. The molecule has 0 bridgehead atoms. The molecular weight excluding hydrogens is 204 g/mol. The molecule has 0 saturated heterocycles. The van der Waals surface area contributed by atoms with E-state index in [9.17, 15) is 15.2 Å². The lowest BCUT2D eigenvalue weighted by molar-refractivity contribution is -0.383. The summed E-state index contributed by atoms with van der Waals surface area (Å²) < 4.78 is 0.553. The quantitative estimate of drug-likeness (QED) is 0.428. The monoisotopic (exact) mass is 210 g/mol. The van der Waals surface area contributed by atoms with Crippen molar-refractivity contribution in [2.75, 3.05) is 5.73 Å². The third-order valence-corrected chi connectivity index (χ3v) is 2.86. The Hall–Kier alpha value is -1.82. The van der Waals surface area contributed by atoms with Crippen LogP contribution in [0.1, 0.15) is 0 Å². The first-order chi connectivity index (χ1) is 6.59. The predicted octanol–water partition coefficient (Wildman–Crippen LogP) is 2.10. The molecule has 0 unspecified atom stereocenters. The zero-order valence-corrected chi connectivity index (χ0v) is 7.75. The molecule has 0 atom stereocenters. The van der Waals surface area contributed by atoms with Crippen LogP contribution in [-0.2, 0) is 0 Å². The summed E-state index contributed by atoms with van der Waals surface area (Å²) in [4.78, 5) is 10.1. The first-order valence-electron chi connectivity index (χ1n) is 3.75. The zero-order valence-electron chi connectivity index (χ0n) is 6.93. The number of hydrogen-bond donors (Lipinski definition) is 2. The molecule has 0 amide bonds. The van der Waals surface area contributed by atoms with E-state index in [1.165, 1.54) is 18.2 Å². The Labute approximate surface area is 82.5 Å². The van der Waals surface area contributed by atoms with Crippen LogP contribution in [0.25, 0.3) is 10.1 Å². The summed E-state index contributed by atoms with van der Waals surface area (Å²) in [5.41, 5.74) is 6.02. The molecule has 5 nitrogen and oxygen atoms in total. The van der Waals surface area contributed by atoms with Crippen LogP contribution in [0.2, 0.25) is 0 Å². The highest BCUT2D eigenvalue weighted by Crippen LogP contribution is 2.39. The molecule has 0 spiro atoms. The second-order valence-electron chi connectivity index (χ2n) is 2.76. The predicted molar refractivity (Wildman–Crippen MR) is 54.6 cm³/mol. The average molecular weight is 210 g/mol. The maximum atomic E-state index is 10.6. The van der Waals surface area contributed by atoms with Gasteiger partial charge in [-0.1, -0.05) is 11.3 Å². The number of benzene rings is 1. The summed E-state index contributed by atoms with van der Waals surface area (Å²) in [7, 11) is 0. The van der Waals surface area contributed by atoms with Crippen molar-refractivity contribution in [3.05, 3.63) is 28.3 Å². The molecule has 2 aromatic rings. The van der Waals surface area contributed by atoms with Gasteiger partial charge in [-0.3, -0.25) is 10.1 Å². The maximum absolute atomic E-state index is 10.6. The smallest absolute Gasteiger partial charge is 0.278 e. The second-order valence-corrected chi connectivity index (χ2v) is 3.79. The summed E-state index contributed by atoms with van der Waals surface area (Å²) in [6, 6.07) is 4.16. The van der Waals surface area contributed by atoms with Crippen LogP contribution in [0.5, 0.6) is 5.06 Å². The van der Waals surface area contributed by atoms with E-state index in [4.69, 9.17) is 5.73 Å². The molecular formula is C8H6N2O3S. The molecule has 2 rings (SSSR count). The third-order valence-electron chi connectivity index (χ3n) is 1.87. The number of hydrogen-bond acceptors (Lipinski definition) is 5. The number of nitrogens with two attached hydrogens (primary N) is 1. The number of nitrogen functional groups attached to an aromatic ring is 1. The molecule has 14 heavy (non-hydrogen) atoms. The Bertz CT molecular complexity index is 521. The molecule has 0 aliphatic rings. The largest absolute Gasteiger partial charge is 0.499 e. The van der Waals surface area contributed by atoms with Crippen LogP contribution in [0.15, 0.2) is 18.2 Å². The lowest BCUT2D eigenvalue weighted by Crippen LogP contribution is -1.90. The summed E-state index contributed by atoms with van der Waals surface area (Å²) in [6.45, 7) is 0. The van der Waals surface area contributed by atoms with Crippen LogP contribution in [0, 0.1) is 10.1 Å². The van der Waals surface area contributed by atoms with Crippen LogP contribution in [0.3, 0.4) is 0 Å². The van der Waals surface area contributed by atoms with E-state index in [0.29, 0.717) is 15.8 Å². The van der Waals surface area contributed by atoms with Crippen molar-refractivity contribution in [3.63, 3.8) is 0 Å². The molecule has 72 valence electrons. The van der Waals surface area contributed by atoms with Gasteiger partial charge < -0.3 is 10.8 Å². The van der Waals surface area contributed by atoms with Gasteiger partial charge in [-0.25, -0.2) is 0 Å². The lowest BCUT2D eigenvalue weighted by Gasteiger charge is -1.96. The van der Waals surface area contributed by atoms with E-state index >= 15 is 0 Å². The van der Waals surface area contributed by atoms with Crippen molar-refractivity contribution in [1.29, 1.82) is 0 Å². The van der Waals surface area contributed by atoms with Crippen molar-refractivity contribution < 1.29 is 10.0 Å². The van der Waals surface area contributed by atoms with Crippen LogP contribution < -0.4 is 5.73 Å². The topological polar surface area (TPSA) is 89.4 Å². The van der Waals surface area contributed by atoms with Gasteiger partial charge in [-0.15, -0.1) is 0 Å². The van der Waals surface area contributed by atoms with Crippen molar-refractivity contribution in [3.8, 4) is 5.06 Å². The van der Waals surface area contributed by atoms with Gasteiger partial charge in [0.15, 0.2) is 5.06 Å². The minimum atomic E-state index is -0.492. The SMILES string of the molecule is Nc1ccc([N+](=O)[O-])c2cc(O)sc12. The van der Waals surface area contributed by atoms with Crippen molar-refractivity contribution in [1.82, 2.24) is 0 Å². The normalized spacial score (nSPS) is 10.6. The highest BCUT2D eigenvalue weighted by Gasteiger charge is 2.15. The number of nitro benzene ring substituents is 1. The minimum Gasteiger partial charge on any atom is -0.499 e. The van der Waals surface area contributed by atoms with Crippen molar-refractivity contribution >= 4 is 32.8 Å². The van der Waals surface area contributed by atoms with E-state index in [-0.39, 0.29) is 10.8 Å². The van der Waals surface area contributed by atoms with Gasteiger partial charge in [0.2, 0.25) is 0 Å². The molecule has 6 heteroatoms. The van der Waals surface area contributed by atoms with Crippen LogP contribution in [0.4, 0.5) is 11.4 Å². The molecule has 1 aromatic heterocycles. The van der Waals surface area contributed by atoms with E-state index < -0.39 is 4.92 Å². The summed E-state index contributed by atoms with van der Waals surface area (Å²) in [5.74, 6) is 0. The van der Waals surface area contributed by atoms with Crippen molar-refractivity contribution in [2.24, 2.45) is 0 Å². The Morgan fingerprint density at radius 3 is 2.86 bits per heavy atom. The van der Waals surface area contributed by atoms with Gasteiger partial charge in [0.25, 0.3) is 5.69 Å². The Morgan fingerprint density at radius 1 is 1.50 bits per heavy atom. The maximum Gasteiger partial charge on any atom is 0.278 e. The molecule has 0 aliphatic heterocycles. The number of nitro groups is 1. The van der Waals surface area contributed by atoms with Gasteiger partial charge >= 0.3 is 0 Å². The molecule has 0 fully saturated rings. The first-order valence-corrected chi connectivity index (χ1v) is 4.56. The average Bonchev–Trinajstić information content (AvgIpc) is 2.47. The number of fused-ring (bicyclic) bond motifs is 1. The summed E-state index contributed by atoms with van der Waals surface area (Å²) >= 11 is 1.04. The Morgan fingerprint density at radius 2 is 2.21 bits per heavy atom. The zero-order chi connectivity index (χ0) is 10.3. The van der Waals surface area contributed by atoms with Gasteiger partial charge in [0, 0.05) is 12.1 Å². The number of anilines is 1. The number of nitrogens with zero attached hydrogens (tertiary/aromatic N) is 1. The first kappa shape index (κ1) is 8.76. The standard InChI is InChI=1S/C8H6N2O3S/c9-5-1-2-6(10(12)13)4-3-7(11)14-8(4)5/h1-3,11H,9H2. The van der Waals surface area contributed by atoms with E-state index in [0.717, 1.165) is 11.3 Å². The van der Waals surface area contributed by atoms with Gasteiger partial charge in [-0.05, 0) is 6.07 Å². The number of non-ortho nitro benzene ring substituents is 1. The summed E-state index contributed by atoms with van der Waals surface area (Å²) in [5, 5.41) is 20.3. The minimum absolute atomic E-state index is 0.0287. The fourth-order valence-corrected chi connectivity index (χ4v) is 2.12. The van der Waals surface area contributed by atoms with Crippen molar-refractivity contribution in [2.45, 2.75) is 0 Å². The molecule has 1 aromatic carbocycles. The van der Waals surface area contributed by atoms with Gasteiger partial charge in [-0.2, -0.15) is 0 Å². The molecule has 0 radical (unpaired) electrons. The molecule has 0 saturated carbocycles. The molecule has 1 heterocycles. The van der Waals surface area contributed by atoms with E-state index in [1.54, 1.807) is 0 Å². The molecule has 3 N–H and O–H groups in total. The van der Waals surface area contributed by atoms with E-state index in [2.05, 4.69) is 0 Å². The van der Waals surface area contributed by atoms with E-state index in [1.807, 2.05) is 0 Å². The van der Waals surface area contributed by atoms with Crippen LogP contribution >= 0.6 is 11.3 Å². The number of thiophene rings is 1. The third kappa shape index (κ3) is 1.16.